The van der Waals surface area contributed by atoms with E-state index in [1.807, 2.05) is 24.3 Å². The number of benzene rings is 2. The summed E-state index contributed by atoms with van der Waals surface area (Å²) in [5.74, 6) is 0.0180. The second-order valence-electron chi connectivity index (χ2n) is 6.77. The first-order chi connectivity index (χ1) is 15.1. The van der Waals surface area contributed by atoms with Gasteiger partial charge in [0.15, 0.2) is 5.82 Å². The van der Waals surface area contributed by atoms with Gasteiger partial charge in [0, 0.05) is 24.5 Å². The fraction of sp³-hybridized carbons (Fsp3) is 0.190. The summed E-state index contributed by atoms with van der Waals surface area (Å²) in [6.07, 6.45) is 1.47. The number of hydrogen-bond acceptors (Lipinski definition) is 8. The lowest BCUT2D eigenvalue weighted by atomic mass is 10.1. The van der Waals surface area contributed by atoms with Gasteiger partial charge in [-0.2, -0.15) is 4.98 Å². The highest BCUT2D eigenvalue weighted by atomic mass is 35.5. The van der Waals surface area contributed by atoms with Gasteiger partial charge in [0.2, 0.25) is 5.95 Å². The average molecular weight is 441 g/mol. The molecule has 10 heteroatoms. The average Bonchev–Trinajstić information content (AvgIpc) is 2.82. The van der Waals surface area contributed by atoms with Gasteiger partial charge in [-0.15, -0.1) is 0 Å². The molecule has 0 radical (unpaired) electrons. The molecule has 2 heterocycles. The molecule has 1 amide bonds. The van der Waals surface area contributed by atoms with E-state index in [4.69, 9.17) is 21.5 Å². The number of amides is 1. The van der Waals surface area contributed by atoms with Crippen LogP contribution in [0.5, 0.6) is 0 Å². The molecule has 1 aliphatic heterocycles. The number of anilines is 5. The van der Waals surface area contributed by atoms with Crippen LogP contribution in [0.3, 0.4) is 0 Å². The Morgan fingerprint density at radius 2 is 1.81 bits per heavy atom. The number of carbonyl (C=O) groups excluding carboxylic acids is 1. The summed E-state index contributed by atoms with van der Waals surface area (Å²) >= 11 is 6.24. The molecule has 0 unspecified atom stereocenters. The number of morpholine rings is 1. The van der Waals surface area contributed by atoms with Crippen molar-refractivity contribution in [2.24, 2.45) is 0 Å². The number of halogens is 1. The molecule has 0 atom stereocenters. The minimum Gasteiger partial charge on any atom is -0.378 e. The van der Waals surface area contributed by atoms with Crippen LogP contribution in [0.25, 0.3) is 0 Å². The van der Waals surface area contributed by atoms with E-state index in [-0.39, 0.29) is 10.6 Å². The molecule has 1 saturated heterocycles. The molecular formula is C21H21ClN6O3. The number of hydrogen-bond donors (Lipinski definition) is 4. The van der Waals surface area contributed by atoms with Crippen molar-refractivity contribution >= 4 is 46.3 Å². The highest BCUT2D eigenvalue weighted by Gasteiger charge is 2.14. The fourth-order valence-corrected chi connectivity index (χ4v) is 3.34. The van der Waals surface area contributed by atoms with E-state index in [1.165, 1.54) is 6.20 Å². The lowest BCUT2D eigenvalue weighted by Gasteiger charge is -2.28. The van der Waals surface area contributed by atoms with Gasteiger partial charge in [-0.1, -0.05) is 23.7 Å². The van der Waals surface area contributed by atoms with Crippen LogP contribution in [-0.2, 0) is 4.74 Å². The van der Waals surface area contributed by atoms with E-state index in [0.717, 1.165) is 37.7 Å². The van der Waals surface area contributed by atoms with Crippen LogP contribution in [0.2, 0.25) is 5.02 Å². The van der Waals surface area contributed by atoms with Gasteiger partial charge in [0.05, 0.1) is 30.7 Å². The number of rotatable bonds is 6. The van der Waals surface area contributed by atoms with E-state index in [2.05, 4.69) is 25.5 Å². The zero-order valence-electron chi connectivity index (χ0n) is 16.5. The molecule has 2 aromatic carbocycles. The Balaban J connectivity index is 1.50. The summed E-state index contributed by atoms with van der Waals surface area (Å²) in [6, 6.07) is 14.7. The summed E-state index contributed by atoms with van der Waals surface area (Å²) in [5, 5.41) is 15.4. The van der Waals surface area contributed by atoms with Crippen LogP contribution in [0.1, 0.15) is 10.4 Å². The summed E-state index contributed by atoms with van der Waals surface area (Å²) in [6.45, 7) is 3.21. The standard InChI is InChI=1S/C21H21ClN6O3/c22-17-13-23-21(24-14-5-7-15(8-6-14)28-9-11-31-12-10-28)26-19(17)25-18-4-2-1-3-16(18)20(29)27-30/h1-8,13,30H,9-12H2,(H,27,29)(H2,23,24,25,26). The Morgan fingerprint density at radius 3 is 2.55 bits per heavy atom. The molecule has 160 valence electrons. The Kier molecular flexibility index (Phi) is 6.46. The molecule has 9 nitrogen and oxygen atoms in total. The van der Waals surface area contributed by atoms with Crippen LogP contribution < -0.4 is 21.0 Å². The molecule has 0 spiro atoms. The molecule has 0 aliphatic carbocycles. The third kappa shape index (κ3) is 5.02. The number of nitrogens with zero attached hydrogens (tertiary/aromatic N) is 3. The summed E-state index contributed by atoms with van der Waals surface area (Å²) < 4.78 is 5.39. The lowest BCUT2D eigenvalue weighted by Crippen LogP contribution is -2.36. The zero-order chi connectivity index (χ0) is 21.6. The van der Waals surface area contributed by atoms with Gasteiger partial charge in [-0.25, -0.2) is 10.5 Å². The van der Waals surface area contributed by atoms with Gasteiger partial charge < -0.3 is 20.3 Å². The molecule has 1 fully saturated rings. The third-order valence-corrected chi connectivity index (χ3v) is 5.05. The van der Waals surface area contributed by atoms with E-state index in [0.29, 0.717) is 17.5 Å². The smallest absolute Gasteiger partial charge is 0.276 e. The predicted octanol–water partition coefficient (Wildman–Crippen LogP) is 3.57. The SMILES string of the molecule is O=C(NO)c1ccccc1Nc1nc(Nc2ccc(N3CCOCC3)cc2)ncc1Cl. The molecule has 4 N–H and O–H groups in total. The molecule has 0 bridgehead atoms. The molecule has 1 aliphatic rings. The van der Waals surface area contributed by atoms with E-state index >= 15 is 0 Å². The first-order valence-electron chi connectivity index (χ1n) is 9.67. The molecule has 31 heavy (non-hydrogen) atoms. The van der Waals surface area contributed by atoms with Crippen molar-refractivity contribution in [3.05, 3.63) is 65.3 Å². The first kappa shape index (κ1) is 20.9. The van der Waals surface area contributed by atoms with Gasteiger partial charge in [0.1, 0.15) is 5.02 Å². The summed E-state index contributed by atoms with van der Waals surface area (Å²) in [4.78, 5) is 22.8. The van der Waals surface area contributed by atoms with Crippen molar-refractivity contribution < 1.29 is 14.7 Å². The highest BCUT2D eigenvalue weighted by Crippen LogP contribution is 2.27. The van der Waals surface area contributed by atoms with Crippen molar-refractivity contribution in [3.8, 4) is 0 Å². The number of ether oxygens (including phenoxy) is 1. The highest BCUT2D eigenvalue weighted by molar-refractivity contribution is 6.33. The van der Waals surface area contributed by atoms with Gasteiger partial charge >= 0.3 is 0 Å². The molecular weight excluding hydrogens is 420 g/mol. The second kappa shape index (κ2) is 9.61. The van der Waals surface area contributed by atoms with Crippen molar-refractivity contribution in [1.29, 1.82) is 0 Å². The Bertz CT molecular complexity index is 1060. The minimum atomic E-state index is -0.646. The number of aromatic nitrogens is 2. The minimum absolute atomic E-state index is 0.243. The maximum Gasteiger partial charge on any atom is 0.276 e. The maximum atomic E-state index is 11.9. The Hall–Kier alpha value is -3.40. The third-order valence-electron chi connectivity index (χ3n) is 4.77. The second-order valence-corrected chi connectivity index (χ2v) is 7.18. The monoisotopic (exact) mass is 440 g/mol. The van der Waals surface area contributed by atoms with Crippen molar-refractivity contribution in [1.82, 2.24) is 15.4 Å². The van der Waals surface area contributed by atoms with E-state index in [1.54, 1.807) is 29.7 Å². The molecule has 3 aromatic rings. The normalized spacial score (nSPS) is 13.5. The van der Waals surface area contributed by atoms with Gasteiger partial charge in [0.25, 0.3) is 5.91 Å². The number of nitrogens with one attached hydrogen (secondary N) is 3. The topological polar surface area (TPSA) is 112 Å². The number of para-hydroxylation sites is 1. The Morgan fingerprint density at radius 1 is 1.06 bits per heavy atom. The van der Waals surface area contributed by atoms with Crippen LogP contribution in [0, 0.1) is 0 Å². The summed E-state index contributed by atoms with van der Waals surface area (Å²) in [7, 11) is 0. The molecule has 4 rings (SSSR count). The van der Waals surface area contributed by atoms with E-state index in [9.17, 15) is 4.79 Å². The lowest BCUT2D eigenvalue weighted by molar-refractivity contribution is 0.0707. The van der Waals surface area contributed by atoms with Crippen molar-refractivity contribution in [2.45, 2.75) is 0 Å². The largest absolute Gasteiger partial charge is 0.378 e. The Labute approximate surface area is 184 Å². The number of carbonyl (C=O) groups is 1. The van der Waals surface area contributed by atoms with Crippen LogP contribution in [0.15, 0.2) is 54.7 Å². The van der Waals surface area contributed by atoms with Gasteiger partial charge in [-0.3, -0.25) is 10.0 Å². The van der Waals surface area contributed by atoms with Crippen LogP contribution in [0.4, 0.5) is 28.8 Å². The van der Waals surface area contributed by atoms with Gasteiger partial charge in [-0.05, 0) is 36.4 Å². The maximum absolute atomic E-state index is 11.9. The summed E-state index contributed by atoms with van der Waals surface area (Å²) in [5.41, 5.74) is 4.27. The van der Waals surface area contributed by atoms with E-state index < -0.39 is 5.91 Å². The molecule has 0 saturated carbocycles. The van der Waals surface area contributed by atoms with Crippen molar-refractivity contribution in [2.75, 3.05) is 41.8 Å². The van der Waals surface area contributed by atoms with Crippen LogP contribution >= 0.6 is 11.6 Å². The fourth-order valence-electron chi connectivity index (χ4n) is 3.20. The number of hydroxylamine groups is 1. The predicted molar refractivity (Wildman–Crippen MR) is 119 cm³/mol. The zero-order valence-corrected chi connectivity index (χ0v) is 17.3. The first-order valence-corrected chi connectivity index (χ1v) is 10.0. The van der Waals surface area contributed by atoms with Crippen LogP contribution in [-0.4, -0.2) is 47.4 Å². The van der Waals surface area contributed by atoms with Crippen molar-refractivity contribution in [3.63, 3.8) is 0 Å². The quantitative estimate of drug-likeness (QED) is 0.340. The molecule has 1 aromatic heterocycles.